The summed E-state index contributed by atoms with van der Waals surface area (Å²) in [6, 6.07) is 13.5. The van der Waals surface area contributed by atoms with Gasteiger partial charge in [0, 0.05) is 25.5 Å². The highest BCUT2D eigenvalue weighted by Gasteiger charge is 2.17. The second kappa shape index (κ2) is 6.02. The van der Waals surface area contributed by atoms with E-state index in [2.05, 4.69) is 10.1 Å². The zero-order chi connectivity index (χ0) is 15.5. The first kappa shape index (κ1) is 15.1. The second-order valence-electron chi connectivity index (χ2n) is 4.69. The van der Waals surface area contributed by atoms with Gasteiger partial charge in [-0.1, -0.05) is 12.1 Å². The maximum Gasteiger partial charge on any atom is 0.264 e. The molecule has 0 radical (unpaired) electrons. The molecule has 21 heavy (non-hydrogen) atoms. The SMILES string of the molecule is CN(C)c1ccc(NS(=O)(=O)c2ccccc2NN)cc1. The van der Waals surface area contributed by atoms with E-state index in [1.807, 2.05) is 31.1 Å². The van der Waals surface area contributed by atoms with Gasteiger partial charge in [0.25, 0.3) is 10.0 Å². The molecule has 0 bridgehead atoms. The lowest BCUT2D eigenvalue weighted by Gasteiger charge is -2.14. The average molecular weight is 306 g/mol. The minimum Gasteiger partial charge on any atom is -0.378 e. The first-order chi connectivity index (χ1) is 9.94. The molecule has 2 rings (SSSR count). The zero-order valence-corrected chi connectivity index (χ0v) is 12.7. The third-order valence-corrected chi connectivity index (χ3v) is 4.41. The van der Waals surface area contributed by atoms with Crippen molar-refractivity contribution in [3.8, 4) is 0 Å². The Bertz CT molecular complexity index is 712. The summed E-state index contributed by atoms with van der Waals surface area (Å²) in [5.41, 5.74) is 4.21. The minimum absolute atomic E-state index is 0.101. The molecule has 0 aliphatic heterocycles. The molecule has 0 amide bonds. The van der Waals surface area contributed by atoms with Crippen molar-refractivity contribution in [1.29, 1.82) is 0 Å². The van der Waals surface area contributed by atoms with Crippen molar-refractivity contribution < 1.29 is 8.42 Å². The lowest BCUT2D eigenvalue weighted by atomic mass is 10.3. The van der Waals surface area contributed by atoms with Crippen LogP contribution in [0.2, 0.25) is 0 Å². The Labute approximate surface area is 124 Å². The van der Waals surface area contributed by atoms with Gasteiger partial charge in [0.2, 0.25) is 0 Å². The summed E-state index contributed by atoms with van der Waals surface area (Å²) in [6.07, 6.45) is 0. The summed E-state index contributed by atoms with van der Waals surface area (Å²) in [5, 5.41) is 0. The van der Waals surface area contributed by atoms with E-state index in [1.165, 1.54) is 6.07 Å². The Morgan fingerprint density at radius 1 is 1.00 bits per heavy atom. The predicted octanol–water partition coefficient (Wildman–Crippen LogP) is 1.84. The first-order valence-corrected chi connectivity index (χ1v) is 7.78. The Morgan fingerprint density at radius 3 is 2.19 bits per heavy atom. The van der Waals surface area contributed by atoms with Crippen LogP contribution in [0.1, 0.15) is 0 Å². The van der Waals surface area contributed by atoms with Gasteiger partial charge in [-0.15, -0.1) is 0 Å². The quantitative estimate of drug-likeness (QED) is 0.579. The van der Waals surface area contributed by atoms with Crippen LogP contribution in [0.25, 0.3) is 0 Å². The topological polar surface area (TPSA) is 87.5 Å². The highest BCUT2D eigenvalue weighted by Crippen LogP contribution is 2.23. The van der Waals surface area contributed by atoms with Gasteiger partial charge in [0.15, 0.2) is 0 Å². The Hall–Kier alpha value is -2.25. The minimum atomic E-state index is -3.70. The van der Waals surface area contributed by atoms with Crippen LogP contribution >= 0.6 is 0 Å². The fourth-order valence-corrected chi connectivity index (χ4v) is 3.09. The van der Waals surface area contributed by atoms with Gasteiger partial charge in [-0.3, -0.25) is 10.6 Å². The number of sulfonamides is 1. The highest BCUT2D eigenvalue weighted by molar-refractivity contribution is 7.92. The average Bonchev–Trinajstić information content (AvgIpc) is 2.47. The van der Waals surface area contributed by atoms with E-state index in [0.717, 1.165) is 5.69 Å². The number of nitrogens with zero attached hydrogens (tertiary/aromatic N) is 1. The summed E-state index contributed by atoms with van der Waals surface area (Å²) in [6.45, 7) is 0. The van der Waals surface area contributed by atoms with Gasteiger partial charge >= 0.3 is 0 Å². The van der Waals surface area contributed by atoms with Gasteiger partial charge in [-0.25, -0.2) is 8.42 Å². The molecular formula is C14H18N4O2S. The zero-order valence-electron chi connectivity index (χ0n) is 11.9. The van der Waals surface area contributed by atoms with Crippen LogP contribution in [0.3, 0.4) is 0 Å². The lowest BCUT2D eigenvalue weighted by molar-refractivity contribution is 0.601. The normalized spacial score (nSPS) is 11.0. The van der Waals surface area contributed by atoms with Crippen molar-refractivity contribution >= 4 is 27.1 Å². The molecule has 0 atom stereocenters. The molecule has 0 heterocycles. The van der Waals surface area contributed by atoms with Crippen LogP contribution in [0.4, 0.5) is 17.1 Å². The summed E-state index contributed by atoms with van der Waals surface area (Å²) in [7, 11) is 0.143. The Kier molecular flexibility index (Phi) is 4.35. The molecule has 0 unspecified atom stereocenters. The van der Waals surface area contributed by atoms with Crippen LogP contribution in [0.5, 0.6) is 0 Å². The van der Waals surface area contributed by atoms with E-state index >= 15 is 0 Å². The van der Waals surface area contributed by atoms with Crippen LogP contribution < -0.4 is 20.9 Å². The summed E-state index contributed by atoms with van der Waals surface area (Å²) < 4.78 is 27.3. The van der Waals surface area contributed by atoms with Crippen molar-refractivity contribution in [3.63, 3.8) is 0 Å². The largest absolute Gasteiger partial charge is 0.378 e. The van der Waals surface area contributed by atoms with E-state index in [-0.39, 0.29) is 4.90 Å². The van der Waals surface area contributed by atoms with Crippen LogP contribution in [0.15, 0.2) is 53.4 Å². The highest BCUT2D eigenvalue weighted by atomic mass is 32.2. The second-order valence-corrected chi connectivity index (χ2v) is 6.34. The fourth-order valence-electron chi connectivity index (χ4n) is 1.86. The van der Waals surface area contributed by atoms with E-state index < -0.39 is 10.0 Å². The van der Waals surface area contributed by atoms with Gasteiger partial charge in [0.05, 0.1) is 5.69 Å². The van der Waals surface area contributed by atoms with Crippen molar-refractivity contribution in [2.24, 2.45) is 5.84 Å². The fraction of sp³-hybridized carbons (Fsp3) is 0.143. The number of rotatable bonds is 5. The maximum absolute atomic E-state index is 12.4. The first-order valence-electron chi connectivity index (χ1n) is 6.30. The molecule has 4 N–H and O–H groups in total. The van der Waals surface area contributed by atoms with Gasteiger partial charge in [-0.05, 0) is 36.4 Å². The summed E-state index contributed by atoms with van der Waals surface area (Å²) in [5.74, 6) is 5.35. The number of anilines is 3. The molecule has 6 nitrogen and oxygen atoms in total. The van der Waals surface area contributed by atoms with E-state index in [4.69, 9.17) is 5.84 Å². The molecule has 112 valence electrons. The van der Waals surface area contributed by atoms with Crippen molar-refractivity contribution in [2.45, 2.75) is 4.90 Å². The number of hydrogen-bond donors (Lipinski definition) is 3. The number of nitrogens with one attached hydrogen (secondary N) is 2. The number of para-hydroxylation sites is 1. The van der Waals surface area contributed by atoms with Crippen LogP contribution in [0, 0.1) is 0 Å². The van der Waals surface area contributed by atoms with Gasteiger partial charge in [-0.2, -0.15) is 0 Å². The molecular weight excluding hydrogens is 288 g/mol. The van der Waals surface area contributed by atoms with Crippen molar-refractivity contribution in [2.75, 3.05) is 29.1 Å². The predicted molar refractivity (Wildman–Crippen MR) is 85.8 cm³/mol. The number of nitrogens with two attached hydrogens (primary N) is 1. The van der Waals surface area contributed by atoms with Crippen LogP contribution in [-0.2, 0) is 10.0 Å². The standard InChI is InChI=1S/C14H18N4O2S/c1-18(2)12-9-7-11(8-10-12)17-21(19,20)14-6-4-3-5-13(14)16-15/h3-10,16-17H,15H2,1-2H3. The molecule has 0 saturated heterocycles. The molecule has 0 saturated carbocycles. The molecule has 0 aliphatic carbocycles. The third-order valence-electron chi connectivity index (χ3n) is 2.97. The van der Waals surface area contributed by atoms with E-state index in [9.17, 15) is 8.42 Å². The molecule has 0 aliphatic rings. The van der Waals surface area contributed by atoms with Crippen LogP contribution in [-0.4, -0.2) is 22.5 Å². The van der Waals surface area contributed by atoms with Crippen molar-refractivity contribution in [1.82, 2.24) is 0 Å². The van der Waals surface area contributed by atoms with Crippen molar-refractivity contribution in [3.05, 3.63) is 48.5 Å². The van der Waals surface area contributed by atoms with Gasteiger partial charge in [0.1, 0.15) is 4.90 Å². The molecule has 2 aromatic rings. The number of hydrazine groups is 1. The monoisotopic (exact) mass is 306 g/mol. The molecule has 2 aromatic carbocycles. The maximum atomic E-state index is 12.4. The number of hydrogen-bond acceptors (Lipinski definition) is 5. The Morgan fingerprint density at radius 2 is 1.62 bits per heavy atom. The summed E-state index contributed by atoms with van der Waals surface area (Å²) in [4.78, 5) is 2.04. The smallest absolute Gasteiger partial charge is 0.264 e. The number of nitrogen functional groups attached to an aromatic ring is 1. The van der Waals surface area contributed by atoms with Gasteiger partial charge < -0.3 is 10.3 Å². The molecule has 0 aromatic heterocycles. The summed E-state index contributed by atoms with van der Waals surface area (Å²) >= 11 is 0. The Balaban J connectivity index is 2.29. The lowest BCUT2D eigenvalue weighted by Crippen LogP contribution is -2.17. The molecule has 7 heteroatoms. The third kappa shape index (κ3) is 3.45. The molecule has 0 spiro atoms. The van der Waals surface area contributed by atoms with E-state index in [0.29, 0.717) is 11.4 Å². The van der Waals surface area contributed by atoms with E-state index in [1.54, 1.807) is 30.3 Å². The number of benzene rings is 2. The molecule has 0 fully saturated rings.